The molecule has 0 saturated carbocycles. The van der Waals surface area contributed by atoms with E-state index >= 15 is 0 Å². The SMILES string of the molecule is C=C(OC)C1CCOc2cc(Cl)c(CC)cc2C1=O. The number of benzene rings is 1. The fraction of sp³-hybridized carbons (Fsp3) is 0.400. The molecule has 0 amide bonds. The third-order valence-electron chi connectivity index (χ3n) is 3.43. The lowest BCUT2D eigenvalue weighted by molar-refractivity contribution is 0.0893. The van der Waals surface area contributed by atoms with Crippen LogP contribution in [0.5, 0.6) is 5.75 Å². The van der Waals surface area contributed by atoms with E-state index in [-0.39, 0.29) is 11.7 Å². The molecular formula is C15H17ClO3. The van der Waals surface area contributed by atoms with Crippen molar-refractivity contribution in [2.75, 3.05) is 13.7 Å². The molecule has 0 saturated heterocycles. The van der Waals surface area contributed by atoms with Crippen molar-refractivity contribution in [3.05, 3.63) is 40.6 Å². The second kappa shape index (κ2) is 5.66. The number of ether oxygens (including phenoxy) is 2. The van der Waals surface area contributed by atoms with Gasteiger partial charge in [0.1, 0.15) is 5.75 Å². The highest BCUT2D eigenvalue weighted by atomic mass is 35.5. The number of ketones is 1. The van der Waals surface area contributed by atoms with Crippen molar-refractivity contribution < 1.29 is 14.3 Å². The molecule has 1 aliphatic heterocycles. The van der Waals surface area contributed by atoms with Crippen molar-refractivity contribution in [3.8, 4) is 5.75 Å². The summed E-state index contributed by atoms with van der Waals surface area (Å²) in [5.74, 6) is 0.677. The number of fused-ring (bicyclic) bond motifs is 1. The maximum Gasteiger partial charge on any atom is 0.177 e. The van der Waals surface area contributed by atoms with Crippen LogP contribution in [0, 0.1) is 5.92 Å². The molecule has 0 aromatic heterocycles. The Morgan fingerprint density at radius 1 is 1.58 bits per heavy atom. The Labute approximate surface area is 118 Å². The van der Waals surface area contributed by atoms with Gasteiger partial charge in [-0.15, -0.1) is 0 Å². The van der Waals surface area contributed by atoms with Crippen LogP contribution in [-0.4, -0.2) is 19.5 Å². The molecule has 3 nitrogen and oxygen atoms in total. The van der Waals surface area contributed by atoms with Crippen LogP contribution in [0.1, 0.15) is 29.3 Å². The zero-order chi connectivity index (χ0) is 14.0. The summed E-state index contributed by atoms with van der Waals surface area (Å²) in [6.45, 7) is 6.25. The van der Waals surface area contributed by atoms with Gasteiger partial charge in [-0.3, -0.25) is 4.79 Å². The fourth-order valence-corrected chi connectivity index (χ4v) is 2.53. The molecule has 1 aromatic rings. The number of hydrogen-bond acceptors (Lipinski definition) is 3. The van der Waals surface area contributed by atoms with E-state index in [0.717, 1.165) is 12.0 Å². The largest absolute Gasteiger partial charge is 0.501 e. The summed E-state index contributed by atoms with van der Waals surface area (Å²) in [6, 6.07) is 3.55. The number of allylic oxidation sites excluding steroid dienone is 1. The van der Waals surface area contributed by atoms with Gasteiger partial charge in [0.15, 0.2) is 5.78 Å². The zero-order valence-corrected chi connectivity index (χ0v) is 11.9. The molecule has 4 heteroatoms. The number of Topliss-reactive ketones (excluding diaryl/α,β-unsaturated/α-hetero) is 1. The smallest absolute Gasteiger partial charge is 0.177 e. The van der Waals surface area contributed by atoms with E-state index in [1.807, 2.05) is 13.0 Å². The van der Waals surface area contributed by atoms with Gasteiger partial charge in [-0.1, -0.05) is 25.1 Å². The molecular weight excluding hydrogens is 264 g/mol. The van der Waals surface area contributed by atoms with E-state index < -0.39 is 0 Å². The van der Waals surface area contributed by atoms with Gasteiger partial charge < -0.3 is 9.47 Å². The Balaban J connectivity index is 2.47. The minimum atomic E-state index is -0.350. The Kier molecular flexibility index (Phi) is 4.15. The fourth-order valence-electron chi connectivity index (χ4n) is 2.24. The Morgan fingerprint density at radius 2 is 2.32 bits per heavy atom. The van der Waals surface area contributed by atoms with E-state index in [1.54, 1.807) is 6.07 Å². The summed E-state index contributed by atoms with van der Waals surface area (Å²) in [4.78, 5) is 12.6. The van der Waals surface area contributed by atoms with E-state index in [2.05, 4.69) is 6.58 Å². The first-order valence-electron chi connectivity index (χ1n) is 6.30. The number of methoxy groups -OCH3 is 1. The lowest BCUT2D eigenvalue weighted by Crippen LogP contribution is -2.17. The molecule has 0 aliphatic carbocycles. The lowest BCUT2D eigenvalue weighted by Gasteiger charge is -2.14. The van der Waals surface area contributed by atoms with Crippen LogP contribution in [-0.2, 0) is 11.2 Å². The van der Waals surface area contributed by atoms with Crippen LogP contribution in [0.2, 0.25) is 5.02 Å². The minimum absolute atomic E-state index is 0.00860. The highest BCUT2D eigenvalue weighted by molar-refractivity contribution is 6.31. The van der Waals surface area contributed by atoms with Crippen molar-refractivity contribution in [1.29, 1.82) is 0 Å². The third kappa shape index (κ3) is 2.61. The first kappa shape index (κ1) is 13.9. The highest BCUT2D eigenvalue weighted by Gasteiger charge is 2.30. The summed E-state index contributed by atoms with van der Waals surface area (Å²) in [7, 11) is 1.53. The summed E-state index contributed by atoms with van der Waals surface area (Å²) < 4.78 is 10.7. The molecule has 102 valence electrons. The van der Waals surface area contributed by atoms with Gasteiger partial charge in [-0.25, -0.2) is 0 Å². The second-order valence-electron chi connectivity index (χ2n) is 4.52. The van der Waals surface area contributed by atoms with E-state index in [0.29, 0.717) is 35.1 Å². The van der Waals surface area contributed by atoms with Gasteiger partial charge in [0.05, 0.1) is 31.0 Å². The van der Waals surface area contributed by atoms with Crippen LogP contribution in [0.25, 0.3) is 0 Å². The summed E-state index contributed by atoms with van der Waals surface area (Å²) in [5.41, 5.74) is 1.52. The molecule has 0 bridgehead atoms. The van der Waals surface area contributed by atoms with E-state index in [1.165, 1.54) is 7.11 Å². The molecule has 0 fully saturated rings. The van der Waals surface area contributed by atoms with Crippen molar-refractivity contribution in [2.24, 2.45) is 5.92 Å². The molecule has 1 atom stereocenters. The predicted molar refractivity (Wildman–Crippen MR) is 74.9 cm³/mol. The van der Waals surface area contributed by atoms with Crippen molar-refractivity contribution >= 4 is 17.4 Å². The summed E-state index contributed by atoms with van der Waals surface area (Å²) in [5, 5.41) is 0.637. The highest BCUT2D eigenvalue weighted by Crippen LogP contribution is 2.34. The van der Waals surface area contributed by atoms with Crippen molar-refractivity contribution in [1.82, 2.24) is 0 Å². The van der Waals surface area contributed by atoms with E-state index in [9.17, 15) is 4.79 Å². The number of halogens is 1. The zero-order valence-electron chi connectivity index (χ0n) is 11.2. The van der Waals surface area contributed by atoms with E-state index in [4.69, 9.17) is 21.1 Å². The van der Waals surface area contributed by atoms with Gasteiger partial charge in [0, 0.05) is 5.02 Å². The molecule has 1 heterocycles. The first-order chi connectivity index (χ1) is 9.08. The normalized spacial score (nSPS) is 18.3. The Bertz CT molecular complexity index is 522. The predicted octanol–water partition coefficient (Wildman–Crippen LogP) is 3.64. The monoisotopic (exact) mass is 280 g/mol. The lowest BCUT2D eigenvalue weighted by atomic mass is 9.92. The van der Waals surface area contributed by atoms with Crippen LogP contribution < -0.4 is 4.74 Å². The maximum absolute atomic E-state index is 12.6. The Hall–Kier alpha value is -1.48. The number of aryl methyl sites for hydroxylation is 1. The third-order valence-corrected chi connectivity index (χ3v) is 3.78. The number of carbonyl (C=O) groups is 1. The molecule has 1 aliphatic rings. The average Bonchev–Trinajstić information content (AvgIpc) is 2.56. The van der Waals surface area contributed by atoms with Gasteiger partial charge in [0.25, 0.3) is 0 Å². The first-order valence-corrected chi connectivity index (χ1v) is 6.68. The van der Waals surface area contributed by atoms with Crippen LogP contribution >= 0.6 is 11.6 Å². The summed E-state index contributed by atoms with van der Waals surface area (Å²) >= 11 is 6.15. The maximum atomic E-state index is 12.6. The van der Waals surface area contributed by atoms with Gasteiger partial charge in [-0.2, -0.15) is 0 Å². The van der Waals surface area contributed by atoms with Gasteiger partial charge in [0.2, 0.25) is 0 Å². The molecule has 1 aromatic carbocycles. The average molecular weight is 281 g/mol. The number of rotatable bonds is 3. The molecule has 0 spiro atoms. The number of carbonyl (C=O) groups excluding carboxylic acids is 1. The summed E-state index contributed by atoms with van der Waals surface area (Å²) in [6.07, 6.45) is 1.34. The standard InChI is InChI=1S/C15H17ClO3/c1-4-10-7-12-14(8-13(10)16)19-6-5-11(15(12)17)9(2)18-3/h7-8,11H,2,4-6H2,1,3H3. The minimum Gasteiger partial charge on any atom is -0.501 e. The molecule has 1 unspecified atom stereocenters. The van der Waals surface area contributed by atoms with Crippen LogP contribution in [0.4, 0.5) is 0 Å². The molecule has 2 rings (SSSR count). The molecule has 19 heavy (non-hydrogen) atoms. The van der Waals surface area contributed by atoms with Gasteiger partial charge >= 0.3 is 0 Å². The topological polar surface area (TPSA) is 35.5 Å². The molecule has 0 N–H and O–H groups in total. The quantitative estimate of drug-likeness (QED) is 0.793. The molecule has 0 radical (unpaired) electrons. The van der Waals surface area contributed by atoms with Crippen molar-refractivity contribution in [3.63, 3.8) is 0 Å². The van der Waals surface area contributed by atoms with Crippen LogP contribution in [0.3, 0.4) is 0 Å². The number of hydrogen-bond donors (Lipinski definition) is 0. The van der Waals surface area contributed by atoms with Crippen LogP contribution in [0.15, 0.2) is 24.5 Å². The second-order valence-corrected chi connectivity index (χ2v) is 4.92. The van der Waals surface area contributed by atoms with Gasteiger partial charge in [-0.05, 0) is 30.5 Å². The Morgan fingerprint density at radius 3 is 2.95 bits per heavy atom. The van der Waals surface area contributed by atoms with Crippen molar-refractivity contribution in [2.45, 2.75) is 19.8 Å².